The first-order valence-electron chi connectivity index (χ1n) is 8.47. The van der Waals surface area contributed by atoms with Crippen molar-refractivity contribution in [2.45, 2.75) is 83.8 Å². The fraction of sp³-hybridized carbons (Fsp3) is 1.00. The minimum absolute atomic E-state index is 0.699. The summed E-state index contributed by atoms with van der Waals surface area (Å²) in [5, 5.41) is 2.56. The second-order valence-electron chi connectivity index (χ2n) is 6.63. The lowest BCUT2D eigenvalue weighted by atomic mass is 9.99. The molecule has 112 valence electrons. The highest BCUT2D eigenvalue weighted by atomic mass is 15.5. The highest BCUT2D eigenvalue weighted by molar-refractivity contribution is 4.81. The Morgan fingerprint density at radius 3 is 2.37 bits per heavy atom. The number of likely N-dealkylation sites (tertiary alicyclic amines) is 1. The summed E-state index contributed by atoms with van der Waals surface area (Å²) < 4.78 is 0. The van der Waals surface area contributed by atoms with Crippen LogP contribution < -0.4 is 5.43 Å². The van der Waals surface area contributed by atoms with E-state index in [0.29, 0.717) is 18.1 Å². The summed E-state index contributed by atoms with van der Waals surface area (Å²) >= 11 is 0. The van der Waals surface area contributed by atoms with Gasteiger partial charge in [0.2, 0.25) is 0 Å². The molecule has 2 fully saturated rings. The Morgan fingerprint density at radius 2 is 1.68 bits per heavy atom. The normalized spacial score (nSPS) is 35.2. The van der Waals surface area contributed by atoms with Gasteiger partial charge in [-0.2, -0.15) is 0 Å². The minimum Gasteiger partial charge on any atom is -0.303 e. The first-order chi connectivity index (χ1) is 9.20. The molecule has 3 nitrogen and oxygen atoms in total. The molecule has 2 heterocycles. The number of hydrazine groups is 1. The molecule has 0 aromatic heterocycles. The van der Waals surface area contributed by atoms with Crippen LogP contribution in [0, 0.1) is 0 Å². The second kappa shape index (κ2) is 7.61. The zero-order chi connectivity index (χ0) is 13.7. The largest absolute Gasteiger partial charge is 0.303 e. The summed E-state index contributed by atoms with van der Waals surface area (Å²) in [6.45, 7) is 10.9. The van der Waals surface area contributed by atoms with Crippen molar-refractivity contribution < 1.29 is 0 Å². The minimum atomic E-state index is 0.699. The van der Waals surface area contributed by atoms with Gasteiger partial charge in [-0.15, -0.1) is 0 Å². The quantitative estimate of drug-likeness (QED) is 0.845. The number of hydrogen-bond donors (Lipinski definition) is 1. The lowest BCUT2D eigenvalue weighted by molar-refractivity contribution is 0.0269. The average Bonchev–Trinajstić information content (AvgIpc) is 2.60. The predicted octanol–water partition coefficient (Wildman–Crippen LogP) is 3.02. The second-order valence-corrected chi connectivity index (χ2v) is 6.63. The van der Waals surface area contributed by atoms with E-state index in [0.717, 1.165) is 0 Å². The highest BCUT2D eigenvalue weighted by Crippen LogP contribution is 2.22. The lowest BCUT2D eigenvalue weighted by Crippen LogP contribution is -2.55. The number of rotatable bonds is 4. The third kappa shape index (κ3) is 4.44. The van der Waals surface area contributed by atoms with Gasteiger partial charge in [-0.05, 0) is 72.0 Å². The van der Waals surface area contributed by atoms with E-state index in [-0.39, 0.29) is 0 Å². The van der Waals surface area contributed by atoms with E-state index in [2.05, 4.69) is 36.1 Å². The molecule has 2 aliphatic heterocycles. The molecule has 0 amide bonds. The van der Waals surface area contributed by atoms with Gasteiger partial charge in [-0.25, -0.2) is 5.01 Å². The third-order valence-corrected chi connectivity index (χ3v) is 4.89. The standard InChI is InChI=1S/C16H33N3/c1-4-11-18-12-6-9-16(10-13-18)17-19-14(2)7-5-8-15(19)3/h14-17H,4-13H2,1-3H3. The maximum Gasteiger partial charge on any atom is 0.0228 e. The van der Waals surface area contributed by atoms with Crippen LogP contribution in [0.15, 0.2) is 0 Å². The predicted molar refractivity (Wildman–Crippen MR) is 82.1 cm³/mol. The van der Waals surface area contributed by atoms with Crippen LogP contribution in [0.3, 0.4) is 0 Å². The molecule has 0 bridgehead atoms. The average molecular weight is 267 g/mol. The van der Waals surface area contributed by atoms with Gasteiger partial charge < -0.3 is 4.90 Å². The Bertz CT molecular complexity index is 246. The lowest BCUT2D eigenvalue weighted by Gasteiger charge is -2.41. The van der Waals surface area contributed by atoms with Crippen molar-refractivity contribution in [3.05, 3.63) is 0 Å². The molecular weight excluding hydrogens is 234 g/mol. The maximum atomic E-state index is 3.87. The molecule has 3 heteroatoms. The zero-order valence-corrected chi connectivity index (χ0v) is 13.2. The first kappa shape index (κ1) is 15.3. The van der Waals surface area contributed by atoms with Crippen LogP contribution >= 0.6 is 0 Å². The van der Waals surface area contributed by atoms with Gasteiger partial charge >= 0.3 is 0 Å². The van der Waals surface area contributed by atoms with Gasteiger partial charge in [0.25, 0.3) is 0 Å². The molecule has 1 N–H and O–H groups in total. The number of nitrogens with one attached hydrogen (secondary N) is 1. The summed E-state index contributed by atoms with van der Waals surface area (Å²) in [5.74, 6) is 0. The molecule has 2 aliphatic rings. The van der Waals surface area contributed by atoms with E-state index in [1.165, 1.54) is 64.6 Å². The van der Waals surface area contributed by atoms with Crippen molar-refractivity contribution in [2.24, 2.45) is 0 Å². The van der Waals surface area contributed by atoms with Crippen LogP contribution in [0.1, 0.15) is 65.7 Å². The summed E-state index contributed by atoms with van der Waals surface area (Å²) in [5.41, 5.74) is 3.87. The molecular formula is C16H33N3. The molecule has 0 radical (unpaired) electrons. The van der Waals surface area contributed by atoms with E-state index >= 15 is 0 Å². The molecule has 0 saturated carbocycles. The number of nitrogens with zero attached hydrogens (tertiary/aromatic N) is 2. The van der Waals surface area contributed by atoms with E-state index in [1.54, 1.807) is 0 Å². The van der Waals surface area contributed by atoms with Crippen molar-refractivity contribution in [3.8, 4) is 0 Å². The van der Waals surface area contributed by atoms with Gasteiger partial charge in [0.15, 0.2) is 0 Å². The SMILES string of the molecule is CCCN1CCCC(NN2C(C)CCCC2C)CC1. The Labute approximate surface area is 119 Å². The van der Waals surface area contributed by atoms with E-state index in [9.17, 15) is 0 Å². The van der Waals surface area contributed by atoms with E-state index < -0.39 is 0 Å². The number of piperidine rings is 1. The van der Waals surface area contributed by atoms with Crippen LogP contribution in [0.2, 0.25) is 0 Å². The van der Waals surface area contributed by atoms with Crippen LogP contribution in [-0.4, -0.2) is 47.7 Å². The van der Waals surface area contributed by atoms with Crippen molar-refractivity contribution >= 4 is 0 Å². The van der Waals surface area contributed by atoms with Gasteiger partial charge in [-0.3, -0.25) is 5.43 Å². The Hall–Kier alpha value is -0.120. The highest BCUT2D eigenvalue weighted by Gasteiger charge is 2.27. The smallest absolute Gasteiger partial charge is 0.0228 e. The summed E-state index contributed by atoms with van der Waals surface area (Å²) in [4.78, 5) is 2.64. The number of hydrogen-bond acceptors (Lipinski definition) is 3. The van der Waals surface area contributed by atoms with Crippen LogP contribution in [0.4, 0.5) is 0 Å². The summed E-state index contributed by atoms with van der Waals surface area (Å²) in [7, 11) is 0. The van der Waals surface area contributed by atoms with E-state index in [1.807, 2.05) is 0 Å². The molecule has 3 atom stereocenters. The van der Waals surface area contributed by atoms with Crippen molar-refractivity contribution in [1.29, 1.82) is 0 Å². The van der Waals surface area contributed by atoms with Gasteiger partial charge in [0.05, 0.1) is 0 Å². The Balaban J connectivity index is 1.81. The summed E-state index contributed by atoms with van der Waals surface area (Å²) in [6.07, 6.45) is 9.41. The molecule has 0 aromatic carbocycles. The van der Waals surface area contributed by atoms with Gasteiger partial charge in [-0.1, -0.05) is 13.3 Å². The maximum absolute atomic E-state index is 3.87. The van der Waals surface area contributed by atoms with Crippen molar-refractivity contribution in [1.82, 2.24) is 15.3 Å². The molecule has 0 aromatic rings. The molecule has 2 saturated heterocycles. The van der Waals surface area contributed by atoms with E-state index in [4.69, 9.17) is 0 Å². The molecule has 19 heavy (non-hydrogen) atoms. The Morgan fingerprint density at radius 1 is 0.947 bits per heavy atom. The Kier molecular flexibility index (Phi) is 6.11. The fourth-order valence-corrected chi connectivity index (χ4v) is 3.71. The summed E-state index contributed by atoms with van der Waals surface area (Å²) in [6, 6.07) is 2.11. The molecule has 2 rings (SSSR count). The molecule has 0 spiro atoms. The van der Waals surface area contributed by atoms with Crippen LogP contribution in [-0.2, 0) is 0 Å². The molecule has 3 unspecified atom stereocenters. The van der Waals surface area contributed by atoms with Crippen molar-refractivity contribution in [2.75, 3.05) is 19.6 Å². The monoisotopic (exact) mass is 267 g/mol. The third-order valence-electron chi connectivity index (χ3n) is 4.89. The van der Waals surface area contributed by atoms with Crippen LogP contribution in [0.5, 0.6) is 0 Å². The zero-order valence-electron chi connectivity index (χ0n) is 13.2. The molecule has 0 aliphatic carbocycles. The fourth-order valence-electron chi connectivity index (χ4n) is 3.71. The van der Waals surface area contributed by atoms with Crippen LogP contribution in [0.25, 0.3) is 0 Å². The topological polar surface area (TPSA) is 18.5 Å². The van der Waals surface area contributed by atoms with Crippen molar-refractivity contribution in [3.63, 3.8) is 0 Å². The van der Waals surface area contributed by atoms with Gasteiger partial charge in [0, 0.05) is 18.1 Å². The first-order valence-corrected chi connectivity index (χ1v) is 8.47. The van der Waals surface area contributed by atoms with Gasteiger partial charge in [0.1, 0.15) is 0 Å².